The van der Waals surface area contributed by atoms with Crippen LogP contribution in [0.4, 0.5) is 0 Å². The number of para-hydroxylation sites is 1. The van der Waals surface area contributed by atoms with Crippen LogP contribution in [0.3, 0.4) is 0 Å². The molecule has 4 atom stereocenters. The van der Waals surface area contributed by atoms with Gasteiger partial charge in [0.2, 0.25) is 0 Å². The first-order valence-electron chi connectivity index (χ1n) is 13.2. The van der Waals surface area contributed by atoms with Crippen molar-refractivity contribution in [3.63, 3.8) is 0 Å². The minimum Gasteiger partial charge on any atom is -0.504 e. The Morgan fingerprint density at radius 3 is 2.88 bits per heavy atom. The molecule has 1 aromatic heterocycles. The van der Waals surface area contributed by atoms with E-state index in [-0.39, 0.29) is 17.9 Å². The number of fused-ring (bicyclic) bond motifs is 4. The lowest BCUT2D eigenvalue weighted by atomic mass is 9.49. The third-order valence-corrected chi connectivity index (χ3v) is 10.4. The van der Waals surface area contributed by atoms with Gasteiger partial charge in [-0.15, -0.1) is 0 Å². The quantitative estimate of drug-likeness (QED) is 0.615. The standard InChI is InChI=1S/C29H30N2O3/c32-21-9-8-18-13-22-29(33)14-20-19-5-1-3-17-4-2-11-31(24(17)19)25(20)27-28(29,23(18)26(21)34-27)10-12-30(22)15-16-6-7-16/h1,3,5,8-9,16,22,27,32-33H,2,4,6-7,10-15H2/t22-,27+,28+,29?/m1/s1. The molecule has 1 spiro atoms. The molecular weight excluding hydrogens is 424 g/mol. The summed E-state index contributed by atoms with van der Waals surface area (Å²) in [6.07, 6.45) is 7.06. The van der Waals surface area contributed by atoms with Crippen LogP contribution in [0.15, 0.2) is 30.3 Å². The van der Waals surface area contributed by atoms with E-state index < -0.39 is 11.0 Å². The van der Waals surface area contributed by atoms with Gasteiger partial charge < -0.3 is 19.5 Å². The van der Waals surface area contributed by atoms with Crippen LogP contribution in [0.2, 0.25) is 0 Å². The number of rotatable bonds is 2. The van der Waals surface area contributed by atoms with E-state index in [0.717, 1.165) is 56.8 Å². The Morgan fingerprint density at radius 2 is 2.00 bits per heavy atom. The first-order chi connectivity index (χ1) is 16.6. The minimum absolute atomic E-state index is 0.0933. The smallest absolute Gasteiger partial charge is 0.166 e. The molecule has 2 bridgehead atoms. The van der Waals surface area contributed by atoms with Crippen LogP contribution in [0, 0.1) is 5.92 Å². The number of ether oxygens (including phenoxy) is 1. The number of aromatic hydroxyl groups is 1. The number of hydrogen-bond acceptors (Lipinski definition) is 4. The molecule has 3 aliphatic carbocycles. The number of aromatic nitrogens is 1. The first kappa shape index (κ1) is 18.8. The van der Waals surface area contributed by atoms with Gasteiger partial charge in [0.25, 0.3) is 0 Å². The van der Waals surface area contributed by atoms with Crippen LogP contribution >= 0.6 is 0 Å². The van der Waals surface area contributed by atoms with Crippen LogP contribution in [0.1, 0.15) is 59.7 Å². The van der Waals surface area contributed by atoms with Crippen LogP contribution in [0.5, 0.6) is 11.5 Å². The molecule has 9 rings (SSSR count). The minimum atomic E-state index is -0.896. The van der Waals surface area contributed by atoms with Gasteiger partial charge in [-0.05, 0) is 73.7 Å². The van der Waals surface area contributed by atoms with Crippen molar-refractivity contribution in [1.29, 1.82) is 0 Å². The van der Waals surface area contributed by atoms with Gasteiger partial charge in [0.15, 0.2) is 17.6 Å². The third kappa shape index (κ3) is 1.93. The highest BCUT2D eigenvalue weighted by Gasteiger charge is 2.73. The normalized spacial score (nSPS) is 34.6. The summed E-state index contributed by atoms with van der Waals surface area (Å²) in [7, 11) is 0. The van der Waals surface area contributed by atoms with E-state index in [1.54, 1.807) is 0 Å². The molecule has 34 heavy (non-hydrogen) atoms. The molecule has 5 nitrogen and oxygen atoms in total. The van der Waals surface area contributed by atoms with Crippen LogP contribution in [0.25, 0.3) is 10.9 Å². The Bertz CT molecular complexity index is 1420. The molecule has 3 aliphatic heterocycles. The van der Waals surface area contributed by atoms with Gasteiger partial charge in [-0.2, -0.15) is 0 Å². The maximum absolute atomic E-state index is 13.0. The van der Waals surface area contributed by atoms with Crippen molar-refractivity contribution in [3.05, 3.63) is 58.3 Å². The second-order valence-corrected chi connectivity index (χ2v) is 11.9. The fraction of sp³-hybridized carbons (Fsp3) is 0.517. The average Bonchev–Trinajstić information content (AvgIpc) is 3.50. The molecule has 2 N–H and O–H groups in total. The molecule has 2 aromatic carbocycles. The molecule has 6 aliphatic rings. The summed E-state index contributed by atoms with van der Waals surface area (Å²) in [6.45, 7) is 3.11. The van der Waals surface area contributed by atoms with E-state index in [1.807, 2.05) is 6.07 Å². The molecule has 2 fully saturated rings. The maximum Gasteiger partial charge on any atom is 0.166 e. The summed E-state index contributed by atoms with van der Waals surface area (Å²) in [5.74, 6) is 1.65. The summed E-state index contributed by atoms with van der Waals surface area (Å²) in [5.41, 5.74) is 6.32. The predicted molar refractivity (Wildman–Crippen MR) is 128 cm³/mol. The molecule has 174 valence electrons. The molecule has 1 saturated carbocycles. The topological polar surface area (TPSA) is 57.9 Å². The lowest BCUT2D eigenvalue weighted by Crippen LogP contribution is -2.74. The Hall–Kier alpha value is -2.50. The summed E-state index contributed by atoms with van der Waals surface area (Å²) in [6, 6.07) is 10.7. The number of phenolic OH excluding ortho intramolecular Hbond substituents is 1. The molecule has 3 aromatic rings. The number of nitrogens with zero attached hydrogens (tertiary/aromatic N) is 2. The number of phenols is 1. The Balaban J connectivity index is 1.36. The van der Waals surface area contributed by atoms with E-state index in [2.05, 4.69) is 33.7 Å². The zero-order chi connectivity index (χ0) is 22.4. The number of benzene rings is 2. The Labute approximate surface area is 198 Å². The summed E-state index contributed by atoms with van der Waals surface area (Å²) in [5, 5.41) is 25.2. The molecule has 1 saturated heterocycles. The summed E-state index contributed by atoms with van der Waals surface area (Å²) in [4.78, 5) is 2.61. The van der Waals surface area contributed by atoms with E-state index in [0.29, 0.717) is 12.2 Å². The molecule has 1 unspecified atom stereocenters. The second-order valence-electron chi connectivity index (χ2n) is 11.9. The Kier molecular flexibility index (Phi) is 3.22. The highest BCUT2D eigenvalue weighted by molar-refractivity contribution is 5.90. The number of likely N-dealkylation sites (tertiary alicyclic amines) is 1. The van der Waals surface area contributed by atoms with Crippen molar-refractivity contribution < 1.29 is 14.9 Å². The van der Waals surface area contributed by atoms with E-state index in [4.69, 9.17) is 4.74 Å². The molecule has 5 heteroatoms. The SMILES string of the molecule is Oc1ccc2c3c1O[C@H]1c4c(c5cccc6c5n4CCC6)CC4(O)[C@@H](C2)N(CC2CC2)CC[C@]314. The van der Waals surface area contributed by atoms with Crippen LogP contribution in [-0.4, -0.2) is 44.4 Å². The summed E-state index contributed by atoms with van der Waals surface area (Å²) >= 11 is 0. The highest BCUT2D eigenvalue weighted by Crippen LogP contribution is 2.69. The third-order valence-electron chi connectivity index (χ3n) is 10.4. The van der Waals surface area contributed by atoms with Gasteiger partial charge in [0.05, 0.1) is 22.2 Å². The summed E-state index contributed by atoms with van der Waals surface area (Å²) < 4.78 is 9.34. The van der Waals surface area contributed by atoms with Crippen molar-refractivity contribution in [1.82, 2.24) is 9.47 Å². The monoisotopic (exact) mass is 454 g/mol. The zero-order valence-electron chi connectivity index (χ0n) is 19.4. The van der Waals surface area contributed by atoms with Gasteiger partial charge in [0.1, 0.15) is 0 Å². The first-order valence-corrected chi connectivity index (χ1v) is 13.2. The van der Waals surface area contributed by atoms with Crippen molar-refractivity contribution in [3.8, 4) is 11.5 Å². The van der Waals surface area contributed by atoms with Gasteiger partial charge >= 0.3 is 0 Å². The number of piperidine rings is 1. The predicted octanol–water partition coefficient (Wildman–Crippen LogP) is 3.99. The van der Waals surface area contributed by atoms with Crippen molar-refractivity contribution in [2.24, 2.45) is 5.92 Å². The van der Waals surface area contributed by atoms with Crippen LogP contribution in [-0.2, 0) is 31.2 Å². The molecule has 0 amide bonds. The van der Waals surface area contributed by atoms with Crippen LogP contribution < -0.4 is 4.74 Å². The van der Waals surface area contributed by atoms with Gasteiger partial charge in [-0.1, -0.05) is 24.3 Å². The van der Waals surface area contributed by atoms with Gasteiger partial charge in [0, 0.05) is 36.5 Å². The van der Waals surface area contributed by atoms with Crippen molar-refractivity contribution >= 4 is 10.9 Å². The number of aliphatic hydroxyl groups is 1. The fourth-order valence-electron chi connectivity index (χ4n) is 8.84. The number of hydrogen-bond donors (Lipinski definition) is 2. The fourth-order valence-corrected chi connectivity index (χ4v) is 8.84. The molecular formula is C29H30N2O3. The van der Waals surface area contributed by atoms with E-state index in [9.17, 15) is 10.2 Å². The van der Waals surface area contributed by atoms with E-state index in [1.165, 1.54) is 46.1 Å². The largest absolute Gasteiger partial charge is 0.504 e. The van der Waals surface area contributed by atoms with Gasteiger partial charge in [-0.3, -0.25) is 4.90 Å². The van der Waals surface area contributed by atoms with E-state index >= 15 is 0 Å². The zero-order valence-corrected chi connectivity index (χ0v) is 19.4. The lowest BCUT2D eigenvalue weighted by molar-refractivity contribution is -0.173. The lowest BCUT2D eigenvalue weighted by Gasteiger charge is -2.63. The molecule has 4 heterocycles. The Morgan fingerprint density at radius 1 is 1.09 bits per heavy atom. The van der Waals surface area contributed by atoms with Gasteiger partial charge in [-0.25, -0.2) is 0 Å². The maximum atomic E-state index is 13.0. The van der Waals surface area contributed by atoms with Crippen molar-refractivity contribution in [2.45, 2.75) is 74.7 Å². The highest BCUT2D eigenvalue weighted by atomic mass is 16.5. The van der Waals surface area contributed by atoms with Crippen molar-refractivity contribution in [2.75, 3.05) is 13.1 Å². The number of aryl methyl sites for hydroxylation is 2. The second kappa shape index (κ2) is 5.83. The molecule has 0 radical (unpaired) electrons. The average molecular weight is 455 g/mol.